The topological polar surface area (TPSA) is 93.3 Å². The van der Waals surface area contributed by atoms with Gasteiger partial charge in [0.1, 0.15) is 5.75 Å². The largest absolute Gasteiger partial charge is 0.507 e. The van der Waals surface area contributed by atoms with Crippen LogP contribution in [0.1, 0.15) is 18.2 Å². The lowest BCUT2D eigenvalue weighted by Gasteiger charge is -1.99. The lowest BCUT2D eigenvalue weighted by atomic mass is 10.1. The van der Waals surface area contributed by atoms with E-state index in [1.165, 1.54) is 0 Å². The maximum absolute atomic E-state index is 11.5. The lowest BCUT2D eigenvalue weighted by Crippen LogP contribution is -2.05. The fourth-order valence-corrected chi connectivity index (χ4v) is 4.24. The first-order valence-corrected chi connectivity index (χ1v) is 8.87. The molecular formula is C12H11IN2O4S. The van der Waals surface area contributed by atoms with Gasteiger partial charge in [0.2, 0.25) is 0 Å². The highest BCUT2D eigenvalue weighted by Crippen LogP contribution is 2.30. The number of sulfone groups is 1. The molecule has 20 heavy (non-hydrogen) atoms. The normalized spacial score (nSPS) is 21.1. The van der Waals surface area contributed by atoms with Crippen LogP contribution in [0.15, 0.2) is 22.7 Å². The molecule has 0 amide bonds. The van der Waals surface area contributed by atoms with Crippen molar-refractivity contribution in [2.24, 2.45) is 0 Å². The van der Waals surface area contributed by atoms with Crippen molar-refractivity contribution in [1.29, 1.82) is 0 Å². The highest BCUT2D eigenvalue weighted by molar-refractivity contribution is 14.1. The van der Waals surface area contributed by atoms with E-state index < -0.39 is 9.84 Å². The van der Waals surface area contributed by atoms with Crippen LogP contribution in [0, 0.1) is 3.57 Å². The Labute approximate surface area is 129 Å². The van der Waals surface area contributed by atoms with Gasteiger partial charge < -0.3 is 9.63 Å². The molecule has 1 saturated heterocycles. The first-order valence-electron chi connectivity index (χ1n) is 5.97. The summed E-state index contributed by atoms with van der Waals surface area (Å²) in [5.74, 6) is 0.895. The molecular weight excluding hydrogens is 395 g/mol. The van der Waals surface area contributed by atoms with E-state index in [1.54, 1.807) is 18.2 Å². The van der Waals surface area contributed by atoms with Crippen LogP contribution in [0.3, 0.4) is 0 Å². The van der Waals surface area contributed by atoms with Crippen LogP contribution in [-0.2, 0) is 9.84 Å². The van der Waals surface area contributed by atoms with Crippen LogP contribution in [0.4, 0.5) is 0 Å². The number of aromatic nitrogens is 2. The summed E-state index contributed by atoms with van der Waals surface area (Å²) in [6.45, 7) is 0. The van der Waals surface area contributed by atoms with Crippen LogP contribution < -0.4 is 0 Å². The van der Waals surface area contributed by atoms with Crippen molar-refractivity contribution in [3.8, 4) is 17.2 Å². The van der Waals surface area contributed by atoms with Gasteiger partial charge in [0, 0.05) is 11.5 Å². The van der Waals surface area contributed by atoms with Crippen molar-refractivity contribution in [2.75, 3.05) is 11.5 Å². The summed E-state index contributed by atoms with van der Waals surface area (Å²) in [4.78, 5) is 4.24. The molecule has 1 aliphatic heterocycles. The summed E-state index contributed by atoms with van der Waals surface area (Å²) in [5.41, 5.74) is 0.613. The minimum Gasteiger partial charge on any atom is -0.507 e. The summed E-state index contributed by atoms with van der Waals surface area (Å²) < 4.78 is 28.8. The van der Waals surface area contributed by atoms with Crippen molar-refractivity contribution in [1.82, 2.24) is 10.1 Å². The smallest absolute Gasteiger partial charge is 0.258 e. The fourth-order valence-electron chi connectivity index (χ4n) is 2.16. The van der Waals surface area contributed by atoms with Crippen molar-refractivity contribution in [2.45, 2.75) is 12.3 Å². The molecule has 0 aliphatic carbocycles. The van der Waals surface area contributed by atoms with Crippen molar-refractivity contribution in [3.05, 3.63) is 27.6 Å². The second-order valence-electron chi connectivity index (χ2n) is 4.72. The minimum absolute atomic E-state index is 0.0733. The van der Waals surface area contributed by atoms with Gasteiger partial charge in [0.05, 0.1) is 15.1 Å². The molecule has 0 radical (unpaired) electrons. The van der Waals surface area contributed by atoms with Gasteiger partial charge in [-0.15, -0.1) is 0 Å². The molecule has 106 valence electrons. The third-order valence-electron chi connectivity index (χ3n) is 3.23. The van der Waals surface area contributed by atoms with Gasteiger partial charge in [-0.1, -0.05) is 5.16 Å². The molecule has 1 atom stereocenters. The molecule has 6 nitrogen and oxygen atoms in total. The number of hydrogen-bond donors (Lipinski definition) is 1. The van der Waals surface area contributed by atoms with Crippen molar-refractivity contribution >= 4 is 32.4 Å². The highest BCUT2D eigenvalue weighted by Gasteiger charge is 2.32. The molecule has 2 aromatic rings. The van der Waals surface area contributed by atoms with E-state index in [4.69, 9.17) is 4.52 Å². The molecule has 1 aliphatic rings. The Bertz CT molecular complexity index is 757. The maximum Gasteiger partial charge on any atom is 0.258 e. The van der Waals surface area contributed by atoms with Crippen LogP contribution in [-0.4, -0.2) is 35.2 Å². The molecule has 0 spiro atoms. The molecule has 1 N–H and O–H groups in total. The summed E-state index contributed by atoms with van der Waals surface area (Å²) in [7, 11) is -2.97. The lowest BCUT2D eigenvalue weighted by molar-refractivity contribution is 0.417. The van der Waals surface area contributed by atoms with Gasteiger partial charge >= 0.3 is 0 Å². The summed E-state index contributed by atoms with van der Waals surface area (Å²) >= 11 is 2.02. The van der Waals surface area contributed by atoms with Gasteiger partial charge in [-0.25, -0.2) is 8.42 Å². The quantitative estimate of drug-likeness (QED) is 0.767. The molecule has 2 heterocycles. The van der Waals surface area contributed by atoms with E-state index >= 15 is 0 Å². The fraction of sp³-hybridized carbons (Fsp3) is 0.333. The molecule has 0 saturated carbocycles. The van der Waals surface area contributed by atoms with E-state index in [2.05, 4.69) is 10.1 Å². The first kappa shape index (κ1) is 13.8. The van der Waals surface area contributed by atoms with Crippen LogP contribution in [0.25, 0.3) is 11.5 Å². The van der Waals surface area contributed by atoms with Crippen molar-refractivity contribution in [3.63, 3.8) is 0 Å². The van der Waals surface area contributed by atoms with E-state index in [0.29, 0.717) is 17.8 Å². The molecule has 1 unspecified atom stereocenters. The van der Waals surface area contributed by atoms with E-state index in [-0.39, 0.29) is 29.1 Å². The predicted octanol–water partition coefficient (Wildman–Crippen LogP) is 1.95. The Morgan fingerprint density at radius 3 is 2.85 bits per heavy atom. The number of halogens is 1. The second-order valence-corrected chi connectivity index (χ2v) is 8.11. The Morgan fingerprint density at radius 1 is 1.40 bits per heavy atom. The van der Waals surface area contributed by atoms with Gasteiger partial charge in [0.25, 0.3) is 5.89 Å². The van der Waals surface area contributed by atoms with E-state index in [9.17, 15) is 13.5 Å². The average Bonchev–Trinajstić information content (AvgIpc) is 2.99. The van der Waals surface area contributed by atoms with Gasteiger partial charge in [-0.05, 0) is 47.2 Å². The zero-order valence-electron chi connectivity index (χ0n) is 10.3. The molecule has 8 heteroatoms. The van der Waals surface area contributed by atoms with Crippen LogP contribution in [0.5, 0.6) is 5.75 Å². The van der Waals surface area contributed by atoms with Gasteiger partial charge in [0.15, 0.2) is 15.7 Å². The van der Waals surface area contributed by atoms with Gasteiger partial charge in [-0.3, -0.25) is 0 Å². The zero-order chi connectivity index (χ0) is 14.3. The Hall–Kier alpha value is -1.16. The predicted molar refractivity (Wildman–Crippen MR) is 80.1 cm³/mol. The summed E-state index contributed by atoms with van der Waals surface area (Å²) in [5, 5.41) is 13.5. The highest BCUT2D eigenvalue weighted by atomic mass is 127. The van der Waals surface area contributed by atoms with E-state index in [1.807, 2.05) is 22.6 Å². The number of benzene rings is 1. The standard InChI is InChI=1S/C12H11IN2O4S/c13-9-2-1-7(5-10(9)16)12-14-11(15-19-12)8-3-4-20(17,18)6-8/h1-2,5,8,16H,3-4,6H2. The molecule has 1 fully saturated rings. The summed E-state index contributed by atoms with van der Waals surface area (Å²) in [6.07, 6.45) is 0.527. The number of rotatable bonds is 2. The zero-order valence-corrected chi connectivity index (χ0v) is 13.3. The third-order valence-corrected chi connectivity index (χ3v) is 5.91. The minimum atomic E-state index is -2.97. The molecule has 1 aromatic carbocycles. The first-order chi connectivity index (χ1) is 9.44. The number of phenols is 1. The second kappa shape index (κ2) is 4.99. The Balaban J connectivity index is 1.89. The molecule has 1 aromatic heterocycles. The number of hydrogen-bond acceptors (Lipinski definition) is 6. The molecule has 0 bridgehead atoms. The number of phenolic OH excluding ortho intramolecular Hbond substituents is 1. The van der Waals surface area contributed by atoms with Gasteiger partial charge in [-0.2, -0.15) is 4.98 Å². The Kier molecular flexibility index (Phi) is 3.44. The SMILES string of the molecule is O=S1(=O)CCC(c2noc(-c3ccc(I)c(O)c3)n2)C1. The van der Waals surface area contributed by atoms with Crippen molar-refractivity contribution < 1.29 is 18.0 Å². The van der Waals surface area contributed by atoms with E-state index in [0.717, 1.165) is 3.57 Å². The van der Waals surface area contributed by atoms with Crippen LogP contribution >= 0.6 is 22.6 Å². The Morgan fingerprint density at radius 2 is 2.20 bits per heavy atom. The average molecular weight is 406 g/mol. The summed E-state index contributed by atoms with van der Waals surface area (Å²) in [6, 6.07) is 5.06. The maximum atomic E-state index is 11.5. The third kappa shape index (κ3) is 2.66. The monoisotopic (exact) mass is 406 g/mol. The molecule has 3 rings (SSSR count). The number of aromatic hydroxyl groups is 1. The van der Waals surface area contributed by atoms with Crippen LogP contribution in [0.2, 0.25) is 0 Å². The number of nitrogens with zero attached hydrogens (tertiary/aromatic N) is 2.